The van der Waals surface area contributed by atoms with E-state index in [4.69, 9.17) is 5.73 Å². The second kappa shape index (κ2) is 9.45. The van der Waals surface area contributed by atoms with Gasteiger partial charge in [0.25, 0.3) is 0 Å². The predicted octanol–water partition coefficient (Wildman–Crippen LogP) is 3.12. The van der Waals surface area contributed by atoms with Crippen LogP contribution in [0, 0.1) is 5.92 Å². The zero-order chi connectivity index (χ0) is 14.3. The molecule has 0 spiro atoms. The fourth-order valence-electron chi connectivity index (χ4n) is 2.39. The lowest BCUT2D eigenvalue weighted by molar-refractivity contribution is -0.186. The van der Waals surface area contributed by atoms with E-state index in [1.807, 2.05) is 0 Å². The molecule has 1 aliphatic rings. The first-order chi connectivity index (χ1) is 8.95. The van der Waals surface area contributed by atoms with Gasteiger partial charge in [-0.3, -0.25) is 4.79 Å². The van der Waals surface area contributed by atoms with Crippen molar-refractivity contribution in [3.63, 3.8) is 0 Å². The maximum atomic E-state index is 12.5. The Kier molecular flexibility index (Phi) is 9.22. The predicted molar refractivity (Wildman–Crippen MR) is 74.7 cm³/mol. The number of halogens is 4. The summed E-state index contributed by atoms with van der Waals surface area (Å²) in [5.41, 5.74) is 5.37. The fourth-order valence-corrected chi connectivity index (χ4v) is 2.39. The molecule has 0 radical (unpaired) electrons. The summed E-state index contributed by atoms with van der Waals surface area (Å²) >= 11 is 0. The quantitative estimate of drug-likeness (QED) is 0.765. The number of nitrogens with two attached hydrogens (primary N) is 1. The first kappa shape index (κ1) is 19.5. The van der Waals surface area contributed by atoms with Crippen LogP contribution in [-0.4, -0.2) is 36.6 Å². The summed E-state index contributed by atoms with van der Waals surface area (Å²) in [5, 5.41) is 0. The summed E-state index contributed by atoms with van der Waals surface area (Å²) in [4.78, 5) is 13.4. The molecule has 1 aliphatic heterocycles. The smallest absolute Gasteiger partial charge is 0.343 e. The minimum absolute atomic E-state index is 0. The molecule has 1 fully saturated rings. The van der Waals surface area contributed by atoms with Crippen LogP contribution in [0.4, 0.5) is 13.2 Å². The molecule has 0 aromatic carbocycles. The number of piperidine rings is 1. The molecule has 0 bridgehead atoms. The number of unbranched alkanes of at least 4 members (excludes halogenated alkanes) is 3. The third-order valence-corrected chi connectivity index (χ3v) is 3.66. The van der Waals surface area contributed by atoms with Gasteiger partial charge in [-0.1, -0.05) is 12.8 Å². The number of nitrogens with zero attached hydrogens (tertiary/aromatic N) is 1. The number of carbonyl (C=O) groups is 1. The third kappa shape index (κ3) is 6.79. The van der Waals surface area contributed by atoms with E-state index in [2.05, 4.69) is 0 Å². The lowest BCUT2D eigenvalue weighted by Gasteiger charge is -2.33. The van der Waals surface area contributed by atoms with Gasteiger partial charge in [0.2, 0.25) is 5.91 Å². The number of amides is 1. The molecule has 0 aromatic heterocycles. The van der Waals surface area contributed by atoms with Crippen molar-refractivity contribution >= 4 is 18.3 Å². The van der Waals surface area contributed by atoms with Crippen molar-refractivity contribution in [2.45, 2.75) is 51.1 Å². The number of carbonyl (C=O) groups excluding carboxylic acids is 1. The van der Waals surface area contributed by atoms with E-state index in [9.17, 15) is 18.0 Å². The Morgan fingerprint density at radius 2 is 1.65 bits per heavy atom. The molecule has 1 saturated heterocycles. The van der Waals surface area contributed by atoms with Crippen LogP contribution < -0.4 is 5.73 Å². The zero-order valence-electron chi connectivity index (χ0n) is 11.6. The van der Waals surface area contributed by atoms with Crippen molar-refractivity contribution < 1.29 is 18.0 Å². The highest BCUT2D eigenvalue weighted by molar-refractivity contribution is 5.85. The van der Waals surface area contributed by atoms with Crippen LogP contribution in [-0.2, 0) is 4.79 Å². The molecule has 0 aliphatic carbocycles. The number of rotatable bonds is 6. The Morgan fingerprint density at radius 1 is 1.10 bits per heavy atom. The van der Waals surface area contributed by atoms with Crippen LogP contribution in [0.3, 0.4) is 0 Å². The van der Waals surface area contributed by atoms with Crippen molar-refractivity contribution in [3.05, 3.63) is 0 Å². The van der Waals surface area contributed by atoms with Crippen LogP contribution >= 0.6 is 12.4 Å². The standard InChI is InChI=1S/C13H23F3N2O.ClH/c14-13(15,16)11-6-9-18(10-7-11)12(19)5-3-1-2-4-8-17;/h11H,1-10,17H2;1H. The zero-order valence-corrected chi connectivity index (χ0v) is 12.4. The van der Waals surface area contributed by atoms with Gasteiger partial charge in [-0.25, -0.2) is 0 Å². The molecule has 0 saturated carbocycles. The van der Waals surface area contributed by atoms with Gasteiger partial charge < -0.3 is 10.6 Å². The maximum Gasteiger partial charge on any atom is 0.391 e. The van der Waals surface area contributed by atoms with Crippen molar-refractivity contribution in [2.24, 2.45) is 11.7 Å². The Hall–Kier alpha value is -0.490. The second-order valence-electron chi connectivity index (χ2n) is 5.15. The third-order valence-electron chi connectivity index (χ3n) is 3.66. The van der Waals surface area contributed by atoms with Gasteiger partial charge in [-0.15, -0.1) is 12.4 Å². The van der Waals surface area contributed by atoms with Crippen LogP contribution in [0.5, 0.6) is 0 Å². The summed E-state index contributed by atoms with van der Waals surface area (Å²) in [7, 11) is 0. The molecule has 20 heavy (non-hydrogen) atoms. The van der Waals surface area contributed by atoms with Gasteiger partial charge in [0.1, 0.15) is 0 Å². The maximum absolute atomic E-state index is 12.5. The van der Waals surface area contributed by atoms with E-state index in [1.54, 1.807) is 4.90 Å². The Balaban J connectivity index is 0.00000361. The van der Waals surface area contributed by atoms with Gasteiger partial charge in [0.15, 0.2) is 0 Å². The van der Waals surface area contributed by atoms with Gasteiger partial charge in [0, 0.05) is 19.5 Å². The lowest BCUT2D eigenvalue weighted by Crippen LogP contribution is -2.42. The average molecular weight is 317 g/mol. The highest BCUT2D eigenvalue weighted by atomic mass is 35.5. The molecule has 2 N–H and O–H groups in total. The van der Waals surface area contributed by atoms with Gasteiger partial charge in [0.05, 0.1) is 5.92 Å². The average Bonchev–Trinajstić information content (AvgIpc) is 2.37. The molecule has 0 atom stereocenters. The van der Waals surface area contributed by atoms with E-state index in [0.717, 1.165) is 25.7 Å². The second-order valence-corrected chi connectivity index (χ2v) is 5.15. The summed E-state index contributed by atoms with van der Waals surface area (Å²) in [6.07, 6.45) is 0.161. The minimum atomic E-state index is -4.11. The normalized spacial score (nSPS) is 16.9. The monoisotopic (exact) mass is 316 g/mol. The number of likely N-dealkylation sites (tertiary alicyclic amines) is 1. The molecular formula is C13H24ClF3N2O. The summed E-state index contributed by atoms with van der Waals surface area (Å²) in [5.74, 6) is -1.24. The van der Waals surface area contributed by atoms with Crippen molar-refractivity contribution in [1.82, 2.24) is 4.90 Å². The molecule has 1 heterocycles. The van der Waals surface area contributed by atoms with E-state index < -0.39 is 12.1 Å². The fraction of sp³-hybridized carbons (Fsp3) is 0.923. The SMILES string of the molecule is Cl.NCCCCCCC(=O)N1CCC(C(F)(F)F)CC1. The van der Waals surface area contributed by atoms with Crippen LogP contribution in [0.1, 0.15) is 44.9 Å². The van der Waals surface area contributed by atoms with E-state index in [1.165, 1.54) is 0 Å². The number of alkyl halides is 3. The highest BCUT2D eigenvalue weighted by Crippen LogP contribution is 2.34. The summed E-state index contributed by atoms with van der Waals surface area (Å²) in [6, 6.07) is 0. The van der Waals surface area contributed by atoms with Gasteiger partial charge in [-0.05, 0) is 32.2 Å². The first-order valence-electron chi connectivity index (χ1n) is 6.99. The largest absolute Gasteiger partial charge is 0.391 e. The minimum Gasteiger partial charge on any atom is -0.343 e. The van der Waals surface area contributed by atoms with Gasteiger partial charge in [-0.2, -0.15) is 13.2 Å². The van der Waals surface area contributed by atoms with Crippen LogP contribution in [0.2, 0.25) is 0 Å². The molecule has 3 nitrogen and oxygen atoms in total. The summed E-state index contributed by atoms with van der Waals surface area (Å²) in [6.45, 7) is 1.15. The number of hydrogen-bond acceptors (Lipinski definition) is 2. The first-order valence-corrected chi connectivity index (χ1v) is 6.99. The molecule has 0 unspecified atom stereocenters. The molecule has 0 aromatic rings. The van der Waals surface area contributed by atoms with Crippen LogP contribution in [0.15, 0.2) is 0 Å². The molecule has 1 amide bonds. The van der Waals surface area contributed by atoms with Crippen LogP contribution in [0.25, 0.3) is 0 Å². The molecular weight excluding hydrogens is 293 g/mol. The summed E-state index contributed by atoms with van der Waals surface area (Å²) < 4.78 is 37.4. The topological polar surface area (TPSA) is 46.3 Å². The van der Waals surface area contributed by atoms with E-state index >= 15 is 0 Å². The van der Waals surface area contributed by atoms with E-state index in [-0.39, 0.29) is 44.2 Å². The van der Waals surface area contributed by atoms with Crippen molar-refractivity contribution in [3.8, 4) is 0 Å². The number of hydrogen-bond donors (Lipinski definition) is 1. The Bertz CT molecular complexity index is 279. The van der Waals surface area contributed by atoms with E-state index in [0.29, 0.717) is 13.0 Å². The molecule has 120 valence electrons. The van der Waals surface area contributed by atoms with Crippen molar-refractivity contribution in [2.75, 3.05) is 19.6 Å². The highest BCUT2D eigenvalue weighted by Gasteiger charge is 2.41. The van der Waals surface area contributed by atoms with Gasteiger partial charge >= 0.3 is 6.18 Å². The lowest BCUT2D eigenvalue weighted by atomic mass is 9.96. The van der Waals surface area contributed by atoms with Crippen molar-refractivity contribution in [1.29, 1.82) is 0 Å². The Morgan fingerprint density at radius 3 is 2.15 bits per heavy atom. The molecule has 7 heteroatoms. The molecule has 1 rings (SSSR count). The Labute approximate surface area is 124 Å².